The molecule has 2 heterocycles. The van der Waals surface area contributed by atoms with Crippen LogP contribution in [0.2, 0.25) is 0 Å². The summed E-state index contributed by atoms with van der Waals surface area (Å²) in [6.45, 7) is 9.37. The molecular weight excluding hydrogens is 1170 g/mol. The molecular formula is C74H83IN2O8. The van der Waals surface area contributed by atoms with E-state index in [0.717, 1.165) is 119 Å². The van der Waals surface area contributed by atoms with Crippen molar-refractivity contribution >= 4 is 34.7 Å². The van der Waals surface area contributed by atoms with Gasteiger partial charge in [0.05, 0.1) is 40.5 Å². The molecule has 11 heteroatoms. The van der Waals surface area contributed by atoms with Gasteiger partial charge < -0.3 is 43.2 Å². The molecule has 0 spiro atoms. The molecule has 1 N–H and O–H groups in total. The van der Waals surface area contributed by atoms with Gasteiger partial charge in [0, 0.05) is 13.1 Å². The van der Waals surface area contributed by atoms with E-state index >= 15 is 0 Å². The van der Waals surface area contributed by atoms with Crippen molar-refractivity contribution in [3.63, 3.8) is 0 Å². The van der Waals surface area contributed by atoms with Crippen LogP contribution >= 0.6 is 22.6 Å². The molecule has 0 saturated carbocycles. The minimum absolute atomic E-state index is 0.0590. The number of fused-ring (bicyclic) bond motifs is 2. The molecule has 10 rings (SSSR count). The van der Waals surface area contributed by atoms with E-state index in [9.17, 15) is 0 Å². The van der Waals surface area contributed by atoms with Gasteiger partial charge >= 0.3 is 0 Å². The number of rotatable bonds is 25. The Balaban J connectivity index is 0.000000206. The molecule has 0 aliphatic carbocycles. The van der Waals surface area contributed by atoms with Crippen LogP contribution < -0.4 is 43.2 Å². The summed E-state index contributed by atoms with van der Waals surface area (Å²) in [5.74, 6) is 5.96. The quantitative estimate of drug-likeness (QED) is 0.0441. The Labute approximate surface area is 518 Å². The highest BCUT2D eigenvalue weighted by Gasteiger charge is 2.28. The van der Waals surface area contributed by atoms with E-state index in [4.69, 9.17) is 37.9 Å². The SMILES string of the molecule is CCCCI.CCCCN1CCc2cc(OC)c(OCc3ccccc3)cc2C1/C=C/c1ccc(OCc2ccccc2)c(OC)c1.COc1cc(/C=C/C2NCCc3cc(OC)c(OCc4ccccc4)cc32)ccc1OCc1ccccc1. The van der Waals surface area contributed by atoms with Crippen molar-refractivity contribution < 1.29 is 37.9 Å². The fourth-order valence-electron chi connectivity index (χ4n) is 10.2. The number of halogens is 1. The van der Waals surface area contributed by atoms with Crippen LogP contribution in [-0.4, -0.2) is 57.4 Å². The number of alkyl halides is 1. The van der Waals surface area contributed by atoms with Crippen LogP contribution in [0.4, 0.5) is 0 Å². The van der Waals surface area contributed by atoms with Crippen LogP contribution in [0.5, 0.6) is 46.0 Å². The third-order valence-electron chi connectivity index (χ3n) is 14.9. The van der Waals surface area contributed by atoms with E-state index < -0.39 is 0 Å². The van der Waals surface area contributed by atoms with Gasteiger partial charge in [0.25, 0.3) is 0 Å². The molecule has 2 aliphatic rings. The monoisotopic (exact) mass is 1250 g/mol. The maximum Gasteiger partial charge on any atom is 0.162 e. The molecule has 2 unspecified atom stereocenters. The van der Waals surface area contributed by atoms with E-state index in [1.165, 1.54) is 39.5 Å². The lowest BCUT2D eigenvalue weighted by molar-refractivity contribution is 0.214. The number of benzene rings is 8. The Kier molecular flexibility index (Phi) is 25.5. The molecule has 85 heavy (non-hydrogen) atoms. The minimum Gasteiger partial charge on any atom is -0.493 e. The van der Waals surface area contributed by atoms with E-state index in [2.05, 4.69) is 138 Å². The lowest BCUT2D eigenvalue weighted by Gasteiger charge is -2.36. The first-order chi connectivity index (χ1) is 41.8. The van der Waals surface area contributed by atoms with Gasteiger partial charge in [0.2, 0.25) is 0 Å². The first kappa shape index (κ1) is 63.3. The molecule has 2 aliphatic heterocycles. The average molecular weight is 1260 g/mol. The van der Waals surface area contributed by atoms with Crippen molar-refractivity contribution in [2.75, 3.05) is 52.5 Å². The molecule has 2 atom stereocenters. The minimum atomic E-state index is 0.0590. The van der Waals surface area contributed by atoms with Crippen LogP contribution in [-0.2, 0) is 39.3 Å². The zero-order chi connectivity index (χ0) is 59.4. The Hall–Kier alpha value is -7.71. The third-order valence-corrected chi connectivity index (χ3v) is 15.6. The zero-order valence-corrected chi connectivity index (χ0v) is 52.4. The Bertz CT molecular complexity index is 3320. The highest BCUT2D eigenvalue weighted by molar-refractivity contribution is 14.1. The lowest BCUT2D eigenvalue weighted by atomic mass is 9.91. The van der Waals surface area contributed by atoms with Crippen LogP contribution in [0.3, 0.4) is 0 Å². The molecule has 0 aromatic heterocycles. The molecule has 8 aromatic carbocycles. The van der Waals surface area contributed by atoms with E-state index in [0.29, 0.717) is 32.2 Å². The maximum atomic E-state index is 6.31. The topological polar surface area (TPSA) is 89.1 Å². The molecule has 0 fully saturated rings. The standard InChI is InChI=1S/C37H41NO4.C33H33NO4.C4H9I/c1-4-5-21-38-22-20-31-24-36(40-3)37(42-27-30-14-10-7-11-15-30)25-32(31)33(38)18-16-28-17-19-34(35(23-28)39-2)41-26-29-12-8-6-9-13-29;1-35-31-19-24(14-16-30(31)37-22-25-9-5-3-6-10-25)13-15-29-28-21-33(38-23-26-11-7-4-8-12-26)32(36-2)20-27(28)17-18-34-29;1-2-3-4-5/h6-19,23-25,33H,4-5,20-22,26-27H2,1-3H3;3-16,19-21,29,34H,17-18,22-23H2,1-2H3;2-4H2,1H3/b18-16+;15-13+;. The molecule has 0 saturated heterocycles. The Morgan fingerprint density at radius 1 is 0.447 bits per heavy atom. The van der Waals surface area contributed by atoms with E-state index in [1.807, 2.05) is 115 Å². The fourth-order valence-corrected chi connectivity index (χ4v) is 10.9. The summed E-state index contributed by atoms with van der Waals surface area (Å²) >= 11 is 2.39. The van der Waals surface area contributed by atoms with E-state index in [-0.39, 0.29) is 12.1 Å². The molecule has 0 radical (unpaired) electrons. The van der Waals surface area contributed by atoms with Crippen LogP contribution in [0, 0.1) is 0 Å². The zero-order valence-electron chi connectivity index (χ0n) is 50.3. The molecule has 0 bridgehead atoms. The van der Waals surface area contributed by atoms with Gasteiger partial charge in [-0.3, -0.25) is 4.90 Å². The second-order valence-corrected chi connectivity index (χ2v) is 21.9. The summed E-state index contributed by atoms with van der Waals surface area (Å²) in [6, 6.07) is 61.6. The average Bonchev–Trinajstić information content (AvgIpc) is 3.68. The van der Waals surface area contributed by atoms with Crippen molar-refractivity contribution in [1.82, 2.24) is 10.2 Å². The van der Waals surface area contributed by atoms with Gasteiger partial charge in [0.1, 0.15) is 26.4 Å². The highest BCUT2D eigenvalue weighted by Crippen LogP contribution is 2.41. The number of hydrogen-bond acceptors (Lipinski definition) is 10. The molecule has 8 aromatic rings. The van der Waals surface area contributed by atoms with Gasteiger partial charge in [-0.2, -0.15) is 0 Å². The van der Waals surface area contributed by atoms with Crippen molar-refractivity contribution in [2.24, 2.45) is 0 Å². The van der Waals surface area contributed by atoms with Gasteiger partial charge in [-0.1, -0.05) is 207 Å². The second-order valence-electron chi connectivity index (χ2n) is 20.8. The fraction of sp³-hybridized carbons (Fsp3) is 0.297. The normalized spacial score (nSPS) is 14.4. The van der Waals surface area contributed by atoms with Crippen LogP contribution in [0.25, 0.3) is 12.2 Å². The lowest BCUT2D eigenvalue weighted by Crippen LogP contribution is -2.35. The summed E-state index contributed by atoms with van der Waals surface area (Å²) in [6.07, 6.45) is 15.8. The van der Waals surface area contributed by atoms with Crippen LogP contribution in [0.1, 0.15) is 107 Å². The summed E-state index contributed by atoms with van der Waals surface area (Å²) in [5, 5.41) is 3.62. The van der Waals surface area contributed by atoms with Gasteiger partial charge in [-0.15, -0.1) is 0 Å². The summed E-state index contributed by atoms with van der Waals surface area (Å²) in [5.41, 5.74) is 11.6. The van der Waals surface area contributed by atoms with Gasteiger partial charge in [-0.05, 0) is 141 Å². The highest BCUT2D eigenvalue weighted by atomic mass is 127. The number of ether oxygens (including phenoxy) is 8. The Morgan fingerprint density at radius 2 is 0.859 bits per heavy atom. The summed E-state index contributed by atoms with van der Waals surface area (Å²) in [4.78, 5) is 2.57. The number of hydrogen-bond donors (Lipinski definition) is 1. The largest absolute Gasteiger partial charge is 0.493 e. The third kappa shape index (κ3) is 18.9. The van der Waals surface area contributed by atoms with Crippen molar-refractivity contribution in [1.29, 1.82) is 0 Å². The van der Waals surface area contributed by atoms with Crippen molar-refractivity contribution in [2.45, 2.75) is 90.9 Å². The van der Waals surface area contributed by atoms with Gasteiger partial charge in [0.15, 0.2) is 46.0 Å². The van der Waals surface area contributed by atoms with Gasteiger partial charge in [-0.25, -0.2) is 0 Å². The first-order valence-electron chi connectivity index (χ1n) is 29.7. The molecule has 10 nitrogen and oxygen atoms in total. The number of nitrogens with one attached hydrogen (secondary N) is 1. The maximum absolute atomic E-state index is 6.31. The predicted molar refractivity (Wildman–Crippen MR) is 354 cm³/mol. The number of nitrogens with zero attached hydrogens (tertiary/aromatic N) is 1. The second kappa shape index (κ2) is 34.3. The number of unbranched alkanes of at least 4 members (excludes halogenated alkanes) is 2. The first-order valence-corrected chi connectivity index (χ1v) is 31.2. The van der Waals surface area contributed by atoms with E-state index in [1.54, 1.807) is 28.4 Å². The molecule has 0 amide bonds. The summed E-state index contributed by atoms with van der Waals surface area (Å²) in [7, 11) is 6.76. The molecule has 444 valence electrons. The van der Waals surface area contributed by atoms with Crippen molar-refractivity contribution in [3.05, 3.63) is 250 Å². The van der Waals surface area contributed by atoms with Crippen LogP contribution in [0.15, 0.2) is 194 Å². The predicted octanol–water partition coefficient (Wildman–Crippen LogP) is 17.3. The van der Waals surface area contributed by atoms with Crippen molar-refractivity contribution in [3.8, 4) is 46.0 Å². The smallest absolute Gasteiger partial charge is 0.162 e. The number of methoxy groups -OCH3 is 4. The summed E-state index contributed by atoms with van der Waals surface area (Å²) < 4.78 is 48.6. The Morgan fingerprint density at radius 3 is 1.28 bits per heavy atom.